The van der Waals surface area contributed by atoms with Gasteiger partial charge in [-0.15, -0.1) is 0 Å². The van der Waals surface area contributed by atoms with Gasteiger partial charge in [0.1, 0.15) is 5.69 Å². The molecule has 1 atom stereocenters. The fourth-order valence-corrected chi connectivity index (χ4v) is 5.89. The van der Waals surface area contributed by atoms with Gasteiger partial charge < -0.3 is 9.80 Å². The largest absolute Gasteiger partial charge is 0.332 e. The summed E-state index contributed by atoms with van der Waals surface area (Å²) in [6.07, 6.45) is 5.79. The van der Waals surface area contributed by atoms with E-state index in [1.807, 2.05) is 67.4 Å². The van der Waals surface area contributed by atoms with Crippen molar-refractivity contribution in [2.45, 2.75) is 38.3 Å². The lowest BCUT2D eigenvalue weighted by Gasteiger charge is -2.41. The summed E-state index contributed by atoms with van der Waals surface area (Å²) in [5.74, 6) is -0.154. The summed E-state index contributed by atoms with van der Waals surface area (Å²) in [6.45, 7) is 5.23. The second kappa shape index (κ2) is 8.45. The molecule has 0 bridgehead atoms. The third-order valence-corrected chi connectivity index (χ3v) is 7.67. The Hall–Kier alpha value is -3.71. The van der Waals surface area contributed by atoms with Crippen molar-refractivity contribution in [2.75, 3.05) is 18.0 Å². The van der Waals surface area contributed by atoms with Crippen LogP contribution in [-0.4, -0.2) is 44.6 Å². The highest BCUT2D eigenvalue weighted by molar-refractivity contribution is 6.30. The Bertz CT molecular complexity index is 1510. The molecule has 4 aromatic rings. The summed E-state index contributed by atoms with van der Waals surface area (Å²) < 4.78 is 1.73. The number of rotatable bonds is 3. The van der Waals surface area contributed by atoms with Crippen LogP contribution in [0.15, 0.2) is 67.1 Å². The molecule has 1 saturated heterocycles. The fraction of sp³-hybridized carbons (Fsp3) is 0.286. The van der Waals surface area contributed by atoms with Gasteiger partial charge in [-0.25, -0.2) is 0 Å². The number of carbonyl (C=O) groups is 2. The van der Waals surface area contributed by atoms with Crippen molar-refractivity contribution in [3.63, 3.8) is 0 Å². The molecule has 2 aliphatic heterocycles. The smallest absolute Gasteiger partial charge is 0.272 e. The molecule has 2 aromatic carbocycles. The zero-order valence-corrected chi connectivity index (χ0v) is 20.9. The number of amides is 2. The first-order valence-corrected chi connectivity index (χ1v) is 12.5. The van der Waals surface area contributed by atoms with Crippen LogP contribution in [0.2, 0.25) is 5.02 Å². The van der Waals surface area contributed by atoms with Crippen molar-refractivity contribution in [3.8, 4) is 0 Å². The minimum absolute atomic E-state index is 0.0287. The van der Waals surface area contributed by atoms with Crippen LogP contribution in [0, 0.1) is 0 Å². The summed E-state index contributed by atoms with van der Waals surface area (Å²) >= 11 is 6.43. The average Bonchev–Trinajstić information content (AvgIpc) is 3.50. The van der Waals surface area contributed by atoms with Crippen LogP contribution in [0.25, 0.3) is 10.8 Å². The molecule has 0 aliphatic carbocycles. The van der Waals surface area contributed by atoms with Crippen LogP contribution >= 0.6 is 11.6 Å². The summed E-state index contributed by atoms with van der Waals surface area (Å²) in [5.41, 5.74) is 2.30. The van der Waals surface area contributed by atoms with Gasteiger partial charge in [0, 0.05) is 53.9 Å². The number of anilines is 1. The molecule has 6 rings (SSSR count). The van der Waals surface area contributed by atoms with Gasteiger partial charge in [0.25, 0.3) is 5.91 Å². The van der Waals surface area contributed by atoms with E-state index in [1.54, 1.807) is 28.0 Å². The van der Waals surface area contributed by atoms with Gasteiger partial charge in [0.05, 0.1) is 17.3 Å². The lowest BCUT2D eigenvalue weighted by atomic mass is 9.73. The molecular weight excluding hydrogens is 474 g/mol. The standard InChI is InChI=1S/C28H26ClN5O2/c1-18(2)34-24(9-11-31-34)26(35)32-16-20-7-8-21(29)13-23(20)28(17-32)10-12-33(27(28)36)25-15-30-14-19-5-3-4-6-22(19)25/h3-9,11,13-15,18H,10,12,16-17H2,1-2H3. The van der Waals surface area contributed by atoms with Gasteiger partial charge in [-0.3, -0.25) is 19.3 Å². The molecule has 0 N–H and O–H groups in total. The third-order valence-electron chi connectivity index (χ3n) is 7.43. The highest BCUT2D eigenvalue weighted by Gasteiger charge is 2.53. The summed E-state index contributed by atoms with van der Waals surface area (Å²) in [6, 6.07) is 15.4. The van der Waals surface area contributed by atoms with Crippen LogP contribution < -0.4 is 4.90 Å². The van der Waals surface area contributed by atoms with Crippen LogP contribution in [0.3, 0.4) is 0 Å². The van der Waals surface area contributed by atoms with E-state index < -0.39 is 5.41 Å². The Morgan fingerprint density at radius 2 is 1.94 bits per heavy atom. The number of pyridine rings is 1. The number of aromatic nitrogens is 3. The third kappa shape index (κ3) is 3.41. The first-order valence-electron chi connectivity index (χ1n) is 12.2. The number of fused-ring (bicyclic) bond motifs is 3. The Labute approximate surface area is 214 Å². The number of hydrogen-bond donors (Lipinski definition) is 0. The lowest BCUT2D eigenvalue weighted by Crippen LogP contribution is -2.52. The molecule has 0 saturated carbocycles. The molecule has 36 heavy (non-hydrogen) atoms. The maximum atomic E-state index is 14.3. The monoisotopic (exact) mass is 499 g/mol. The maximum Gasteiger partial charge on any atom is 0.272 e. The SMILES string of the molecule is CC(C)n1nccc1C(=O)N1Cc2ccc(Cl)cc2C2(CCN(c3cncc4ccccc34)C2=O)C1. The van der Waals surface area contributed by atoms with Crippen LogP contribution in [-0.2, 0) is 16.8 Å². The molecule has 2 amide bonds. The van der Waals surface area contributed by atoms with Crippen LogP contribution in [0.4, 0.5) is 5.69 Å². The molecule has 182 valence electrons. The number of nitrogens with zero attached hydrogens (tertiary/aromatic N) is 5. The van der Waals surface area contributed by atoms with Crippen molar-refractivity contribution in [2.24, 2.45) is 0 Å². The van der Waals surface area contributed by atoms with Crippen molar-refractivity contribution in [1.29, 1.82) is 0 Å². The van der Waals surface area contributed by atoms with Gasteiger partial charge in [0.2, 0.25) is 5.91 Å². The number of hydrogen-bond acceptors (Lipinski definition) is 4. The fourth-order valence-electron chi connectivity index (χ4n) is 5.72. The Kier molecular flexibility index (Phi) is 5.34. The van der Waals surface area contributed by atoms with E-state index >= 15 is 0 Å². The van der Waals surface area contributed by atoms with Crippen LogP contribution in [0.5, 0.6) is 0 Å². The van der Waals surface area contributed by atoms with E-state index in [2.05, 4.69) is 10.1 Å². The lowest BCUT2D eigenvalue weighted by molar-refractivity contribution is -0.122. The second-order valence-corrected chi connectivity index (χ2v) is 10.3. The molecule has 2 aromatic heterocycles. The molecule has 1 spiro atoms. The molecule has 0 radical (unpaired) electrons. The first-order chi connectivity index (χ1) is 17.4. The van der Waals surface area contributed by atoms with Crippen molar-refractivity contribution in [3.05, 3.63) is 89.0 Å². The highest BCUT2D eigenvalue weighted by Crippen LogP contribution is 2.45. The van der Waals surface area contributed by atoms with Gasteiger partial charge in [-0.1, -0.05) is 41.9 Å². The molecule has 1 fully saturated rings. The normalized spacial score (nSPS) is 19.5. The van der Waals surface area contributed by atoms with Gasteiger partial charge >= 0.3 is 0 Å². The molecule has 4 heterocycles. The van der Waals surface area contributed by atoms with E-state index in [-0.39, 0.29) is 24.4 Å². The number of halogens is 1. The summed E-state index contributed by atoms with van der Waals surface area (Å²) in [5, 5.41) is 6.89. The minimum Gasteiger partial charge on any atom is -0.332 e. The molecule has 8 heteroatoms. The second-order valence-electron chi connectivity index (χ2n) is 9.89. The molecule has 7 nitrogen and oxygen atoms in total. The zero-order chi connectivity index (χ0) is 25.0. The Morgan fingerprint density at radius 3 is 2.78 bits per heavy atom. The van der Waals surface area contributed by atoms with E-state index in [4.69, 9.17) is 11.6 Å². The average molecular weight is 500 g/mol. The van der Waals surface area contributed by atoms with Gasteiger partial charge in [-0.05, 0) is 49.6 Å². The van der Waals surface area contributed by atoms with E-state index in [0.29, 0.717) is 30.2 Å². The molecular formula is C28H26ClN5O2. The van der Waals surface area contributed by atoms with E-state index in [9.17, 15) is 9.59 Å². The van der Waals surface area contributed by atoms with E-state index in [1.165, 1.54) is 0 Å². The predicted octanol–water partition coefficient (Wildman–Crippen LogP) is 5.00. The van der Waals surface area contributed by atoms with Crippen LogP contribution in [0.1, 0.15) is 47.9 Å². The number of benzene rings is 2. The van der Waals surface area contributed by atoms with Gasteiger partial charge in [-0.2, -0.15) is 5.10 Å². The first kappa shape index (κ1) is 22.7. The Morgan fingerprint density at radius 1 is 1.11 bits per heavy atom. The zero-order valence-electron chi connectivity index (χ0n) is 20.2. The van der Waals surface area contributed by atoms with E-state index in [0.717, 1.165) is 27.6 Å². The summed E-state index contributed by atoms with van der Waals surface area (Å²) in [4.78, 5) is 36.1. The number of carbonyl (C=O) groups excluding carboxylic acids is 2. The minimum atomic E-state index is -0.881. The topological polar surface area (TPSA) is 71.3 Å². The molecule has 2 aliphatic rings. The van der Waals surface area contributed by atoms with Crippen molar-refractivity contribution < 1.29 is 9.59 Å². The highest BCUT2D eigenvalue weighted by atomic mass is 35.5. The van der Waals surface area contributed by atoms with Crippen molar-refractivity contribution in [1.82, 2.24) is 19.7 Å². The molecule has 1 unspecified atom stereocenters. The summed E-state index contributed by atoms with van der Waals surface area (Å²) in [7, 11) is 0. The predicted molar refractivity (Wildman–Crippen MR) is 139 cm³/mol. The Balaban J connectivity index is 1.44. The maximum absolute atomic E-state index is 14.3. The van der Waals surface area contributed by atoms with Crippen molar-refractivity contribution >= 4 is 39.9 Å². The quantitative estimate of drug-likeness (QED) is 0.398. The van der Waals surface area contributed by atoms with Gasteiger partial charge in [0.15, 0.2) is 0 Å².